The molecule has 0 spiro atoms. The molecule has 0 radical (unpaired) electrons. The van der Waals surface area contributed by atoms with Crippen LogP contribution in [0.15, 0.2) is 42.5 Å². The number of methoxy groups -OCH3 is 1. The fraction of sp³-hybridized carbons (Fsp3) is 0.278. The third kappa shape index (κ3) is 3.22. The second-order valence-corrected chi connectivity index (χ2v) is 5.76. The summed E-state index contributed by atoms with van der Waals surface area (Å²) in [6, 6.07) is 12.9. The molecule has 0 bridgehead atoms. The smallest absolute Gasteiger partial charge is 0.310 e. The maximum Gasteiger partial charge on any atom is 0.310 e. The number of benzene rings is 2. The lowest BCUT2D eigenvalue weighted by molar-refractivity contribution is -0.384. The van der Waals surface area contributed by atoms with E-state index in [4.69, 9.17) is 4.74 Å². The van der Waals surface area contributed by atoms with Crippen molar-refractivity contribution in [3.8, 4) is 0 Å². The number of carbonyl (C=O) groups is 1. The lowest BCUT2D eigenvalue weighted by atomic mass is 9.98. The van der Waals surface area contributed by atoms with Gasteiger partial charge in [0.1, 0.15) is 0 Å². The van der Waals surface area contributed by atoms with Crippen molar-refractivity contribution in [3.05, 3.63) is 69.3 Å². The average molecular weight is 326 g/mol. The fourth-order valence-corrected chi connectivity index (χ4v) is 3.06. The molecule has 0 fully saturated rings. The van der Waals surface area contributed by atoms with Crippen LogP contribution in [0.3, 0.4) is 0 Å². The van der Waals surface area contributed by atoms with Crippen LogP contribution in [0.4, 0.5) is 11.4 Å². The van der Waals surface area contributed by atoms with Gasteiger partial charge in [-0.2, -0.15) is 0 Å². The molecule has 0 saturated heterocycles. The minimum Gasteiger partial charge on any atom is -0.469 e. The predicted octanol–water partition coefficient (Wildman–Crippen LogP) is 2.87. The van der Waals surface area contributed by atoms with Crippen LogP contribution in [0.25, 0.3) is 0 Å². The van der Waals surface area contributed by atoms with E-state index >= 15 is 0 Å². The third-order valence-electron chi connectivity index (χ3n) is 4.31. The summed E-state index contributed by atoms with van der Waals surface area (Å²) in [5.41, 5.74) is 4.02. The summed E-state index contributed by atoms with van der Waals surface area (Å²) in [6.45, 7) is 1.53. The number of hydrogen-bond acceptors (Lipinski definition) is 5. The molecule has 0 unspecified atom stereocenters. The van der Waals surface area contributed by atoms with E-state index in [1.54, 1.807) is 6.07 Å². The van der Waals surface area contributed by atoms with Crippen molar-refractivity contribution in [3.63, 3.8) is 0 Å². The third-order valence-corrected chi connectivity index (χ3v) is 4.31. The summed E-state index contributed by atoms with van der Waals surface area (Å²) in [7, 11) is 1.32. The summed E-state index contributed by atoms with van der Waals surface area (Å²) >= 11 is 0. The van der Waals surface area contributed by atoms with E-state index in [-0.39, 0.29) is 12.1 Å². The Bertz CT molecular complexity index is 788. The van der Waals surface area contributed by atoms with E-state index in [0.29, 0.717) is 5.56 Å². The monoisotopic (exact) mass is 326 g/mol. The lowest BCUT2D eigenvalue weighted by Gasteiger charge is -2.32. The van der Waals surface area contributed by atoms with Gasteiger partial charge in [0, 0.05) is 30.9 Å². The number of rotatable bonds is 4. The zero-order valence-electron chi connectivity index (χ0n) is 13.4. The number of anilines is 1. The number of esters is 1. The molecule has 1 aliphatic rings. The summed E-state index contributed by atoms with van der Waals surface area (Å²) in [4.78, 5) is 24.4. The molecule has 1 heterocycles. The van der Waals surface area contributed by atoms with Gasteiger partial charge >= 0.3 is 5.97 Å². The number of ether oxygens (including phenoxy) is 1. The largest absolute Gasteiger partial charge is 0.469 e. The molecule has 0 amide bonds. The van der Waals surface area contributed by atoms with Crippen LogP contribution in [0, 0.1) is 10.1 Å². The maximum absolute atomic E-state index is 11.7. The number of nitrogens with zero attached hydrogens (tertiary/aromatic N) is 2. The Labute approximate surface area is 139 Å². The number of nitro benzene ring substituents is 1. The Morgan fingerprint density at radius 3 is 2.71 bits per heavy atom. The first-order valence-corrected chi connectivity index (χ1v) is 7.74. The number of fused-ring (bicyclic) bond motifs is 1. The topological polar surface area (TPSA) is 72.7 Å². The molecule has 124 valence electrons. The standard InChI is InChI=1S/C18H18N2O4/c1-24-18(21)11-15-10-16(20(22)23)6-7-17(15)19-9-8-13-4-2-3-5-14(13)12-19/h2-7,10H,8-9,11-12H2,1H3. The average Bonchev–Trinajstić information content (AvgIpc) is 2.61. The predicted molar refractivity (Wildman–Crippen MR) is 90.0 cm³/mol. The van der Waals surface area contributed by atoms with Crippen molar-refractivity contribution in [1.29, 1.82) is 0 Å². The van der Waals surface area contributed by atoms with Crippen LogP contribution in [-0.4, -0.2) is 24.5 Å². The molecule has 0 aromatic heterocycles. The highest BCUT2D eigenvalue weighted by molar-refractivity contribution is 5.76. The molecule has 0 saturated carbocycles. The first kappa shape index (κ1) is 16.0. The number of carbonyl (C=O) groups excluding carboxylic acids is 1. The van der Waals surface area contributed by atoms with Crippen molar-refractivity contribution < 1.29 is 14.5 Å². The molecule has 1 aliphatic heterocycles. The van der Waals surface area contributed by atoms with Gasteiger partial charge in [0.2, 0.25) is 0 Å². The summed E-state index contributed by atoms with van der Waals surface area (Å²) < 4.78 is 4.73. The van der Waals surface area contributed by atoms with E-state index in [1.807, 2.05) is 12.1 Å². The van der Waals surface area contributed by atoms with Gasteiger partial charge < -0.3 is 9.64 Å². The van der Waals surface area contributed by atoms with E-state index in [1.165, 1.54) is 30.4 Å². The molecule has 3 rings (SSSR count). The number of non-ortho nitro benzene ring substituents is 1. The summed E-state index contributed by atoms with van der Waals surface area (Å²) in [5.74, 6) is -0.408. The van der Waals surface area contributed by atoms with E-state index in [0.717, 1.165) is 25.2 Å². The fourth-order valence-electron chi connectivity index (χ4n) is 3.06. The van der Waals surface area contributed by atoms with Gasteiger partial charge in [-0.3, -0.25) is 14.9 Å². The summed E-state index contributed by atoms with van der Waals surface area (Å²) in [6.07, 6.45) is 0.927. The van der Waals surface area contributed by atoms with Gasteiger partial charge in [0.05, 0.1) is 18.5 Å². The van der Waals surface area contributed by atoms with Gasteiger partial charge in [-0.1, -0.05) is 24.3 Å². The molecule has 0 aliphatic carbocycles. The van der Waals surface area contributed by atoms with Crippen molar-refractivity contribution >= 4 is 17.3 Å². The first-order valence-electron chi connectivity index (χ1n) is 7.74. The Kier molecular flexibility index (Phi) is 4.46. The first-order chi connectivity index (χ1) is 11.6. The van der Waals surface area contributed by atoms with Crippen LogP contribution in [-0.2, 0) is 28.9 Å². The van der Waals surface area contributed by atoms with Crippen LogP contribution >= 0.6 is 0 Å². The molecule has 2 aromatic carbocycles. The van der Waals surface area contributed by atoms with Crippen LogP contribution in [0.2, 0.25) is 0 Å². The normalized spacial score (nSPS) is 13.3. The maximum atomic E-state index is 11.7. The zero-order chi connectivity index (χ0) is 17.1. The van der Waals surface area contributed by atoms with E-state index in [9.17, 15) is 14.9 Å². The van der Waals surface area contributed by atoms with Crippen LogP contribution in [0.5, 0.6) is 0 Å². The zero-order valence-corrected chi connectivity index (χ0v) is 13.4. The second-order valence-electron chi connectivity index (χ2n) is 5.76. The minimum atomic E-state index is -0.448. The molecule has 2 aromatic rings. The molecule has 0 N–H and O–H groups in total. The Morgan fingerprint density at radius 2 is 2.00 bits per heavy atom. The van der Waals surface area contributed by atoms with Crippen LogP contribution < -0.4 is 4.90 Å². The highest BCUT2D eigenvalue weighted by Gasteiger charge is 2.21. The van der Waals surface area contributed by atoms with Gasteiger partial charge in [-0.15, -0.1) is 0 Å². The van der Waals surface area contributed by atoms with E-state index in [2.05, 4.69) is 17.0 Å². The SMILES string of the molecule is COC(=O)Cc1cc([N+](=O)[O-])ccc1N1CCc2ccccc2C1. The molecular formula is C18H18N2O4. The minimum absolute atomic E-state index is 0.0185. The Hall–Kier alpha value is -2.89. The molecular weight excluding hydrogens is 308 g/mol. The van der Waals surface area contributed by atoms with Crippen LogP contribution in [0.1, 0.15) is 16.7 Å². The van der Waals surface area contributed by atoms with Crippen molar-refractivity contribution in [2.24, 2.45) is 0 Å². The van der Waals surface area contributed by atoms with Gasteiger partial charge in [0.15, 0.2) is 0 Å². The summed E-state index contributed by atoms with van der Waals surface area (Å²) in [5, 5.41) is 11.0. The Morgan fingerprint density at radius 1 is 1.25 bits per heavy atom. The van der Waals surface area contributed by atoms with Crippen molar-refractivity contribution in [2.75, 3.05) is 18.6 Å². The van der Waals surface area contributed by atoms with Gasteiger partial charge in [-0.05, 0) is 29.2 Å². The van der Waals surface area contributed by atoms with Crippen molar-refractivity contribution in [1.82, 2.24) is 0 Å². The highest BCUT2D eigenvalue weighted by atomic mass is 16.6. The van der Waals surface area contributed by atoms with Crippen molar-refractivity contribution in [2.45, 2.75) is 19.4 Å². The molecule has 6 heteroatoms. The lowest BCUT2D eigenvalue weighted by Crippen LogP contribution is -2.31. The quantitative estimate of drug-likeness (QED) is 0.491. The number of hydrogen-bond donors (Lipinski definition) is 0. The molecule has 24 heavy (non-hydrogen) atoms. The number of nitro groups is 1. The molecule has 0 atom stereocenters. The van der Waals surface area contributed by atoms with Gasteiger partial charge in [0.25, 0.3) is 5.69 Å². The Balaban J connectivity index is 1.95. The van der Waals surface area contributed by atoms with Gasteiger partial charge in [-0.25, -0.2) is 0 Å². The molecule has 6 nitrogen and oxygen atoms in total. The van der Waals surface area contributed by atoms with E-state index < -0.39 is 10.9 Å². The second kappa shape index (κ2) is 6.70. The highest BCUT2D eigenvalue weighted by Crippen LogP contribution is 2.30.